The summed E-state index contributed by atoms with van der Waals surface area (Å²) < 4.78 is 43.7. The first-order valence-corrected chi connectivity index (χ1v) is 11.2. The average molecular weight is 463 g/mol. The molecule has 1 aliphatic rings. The summed E-state index contributed by atoms with van der Waals surface area (Å²) in [6, 6.07) is 12.3. The molecular weight excluding hydrogens is 443 g/mol. The van der Waals surface area contributed by atoms with Gasteiger partial charge in [-0.05, 0) is 50.1 Å². The third-order valence-electron chi connectivity index (χ3n) is 6.61. The van der Waals surface area contributed by atoms with Crippen molar-refractivity contribution >= 4 is 33.2 Å². The molecule has 0 N–H and O–H groups in total. The van der Waals surface area contributed by atoms with Crippen LogP contribution in [0.3, 0.4) is 0 Å². The van der Waals surface area contributed by atoms with Crippen LogP contribution >= 0.6 is 0 Å². The number of aryl methyl sites for hydroxylation is 1. The van der Waals surface area contributed by atoms with Crippen LogP contribution in [0.4, 0.5) is 13.2 Å². The van der Waals surface area contributed by atoms with Crippen LogP contribution in [-0.4, -0.2) is 24.1 Å². The summed E-state index contributed by atoms with van der Waals surface area (Å²) in [5.74, 6) is 0.532. The molecule has 1 fully saturated rings. The molecule has 0 spiro atoms. The van der Waals surface area contributed by atoms with Gasteiger partial charge in [-0.3, -0.25) is 13.9 Å². The summed E-state index contributed by atoms with van der Waals surface area (Å²) in [6.45, 7) is 1.77. The predicted octanol–water partition coefficient (Wildman–Crippen LogP) is 5.73. The van der Waals surface area contributed by atoms with Gasteiger partial charge in [0.1, 0.15) is 16.7 Å². The normalized spacial score (nSPS) is 15.2. The number of hydrogen-bond donors (Lipinski definition) is 0. The monoisotopic (exact) mass is 463 g/mol. The van der Waals surface area contributed by atoms with Gasteiger partial charge in [0.05, 0.1) is 16.6 Å². The van der Waals surface area contributed by atoms with Gasteiger partial charge in [0.15, 0.2) is 11.3 Å². The summed E-state index contributed by atoms with van der Waals surface area (Å²) in [7, 11) is 0. The highest BCUT2D eigenvalue weighted by molar-refractivity contribution is 6.05. The quantitative estimate of drug-likeness (QED) is 0.336. The van der Waals surface area contributed by atoms with Gasteiger partial charge in [-0.2, -0.15) is 13.2 Å². The molecule has 0 unspecified atom stereocenters. The van der Waals surface area contributed by atoms with Crippen molar-refractivity contribution in [3.05, 3.63) is 70.3 Å². The number of fused-ring (bicyclic) bond motifs is 4. The molecule has 34 heavy (non-hydrogen) atoms. The predicted molar refractivity (Wildman–Crippen MR) is 123 cm³/mol. The van der Waals surface area contributed by atoms with Crippen LogP contribution in [0.2, 0.25) is 0 Å². The highest BCUT2D eigenvalue weighted by Crippen LogP contribution is 2.35. The number of benzene rings is 2. The van der Waals surface area contributed by atoms with Crippen LogP contribution in [0.5, 0.6) is 0 Å². The van der Waals surface area contributed by atoms with Crippen molar-refractivity contribution in [2.75, 3.05) is 0 Å². The Kier molecular flexibility index (Phi) is 4.52. The average Bonchev–Trinajstić information content (AvgIpc) is 3.43. The minimum Gasteiger partial charge on any atom is -0.293 e. The van der Waals surface area contributed by atoms with E-state index < -0.39 is 11.7 Å². The summed E-state index contributed by atoms with van der Waals surface area (Å²) >= 11 is 0. The Bertz CT molecular complexity index is 1640. The first-order valence-electron chi connectivity index (χ1n) is 11.2. The lowest BCUT2D eigenvalue weighted by molar-refractivity contribution is -0.137. The number of para-hydroxylation sites is 2. The molecule has 9 heteroatoms. The van der Waals surface area contributed by atoms with E-state index in [1.54, 1.807) is 29.7 Å². The standard InChI is InChI=1S/C25H20F3N5O/c1-14-29-22-20(24(34)32(14)16-8-2-3-9-16)21-23(31-19-12-5-4-11-18(19)30-21)33(22)17-10-6-7-15(13-17)25(26,27)28/h4-7,10-13,16H,2-3,8-9H2,1H3. The van der Waals surface area contributed by atoms with Crippen LogP contribution in [-0.2, 0) is 6.18 Å². The summed E-state index contributed by atoms with van der Waals surface area (Å²) in [5.41, 5.74) is 1.31. The van der Waals surface area contributed by atoms with Gasteiger partial charge in [0, 0.05) is 11.7 Å². The van der Waals surface area contributed by atoms with Gasteiger partial charge in [-0.15, -0.1) is 0 Å². The van der Waals surface area contributed by atoms with Crippen LogP contribution in [0.25, 0.3) is 38.9 Å². The first kappa shape index (κ1) is 20.8. The molecule has 1 aliphatic carbocycles. The van der Waals surface area contributed by atoms with Crippen molar-refractivity contribution in [1.29, 1.82) is 0 Å². The number of aromatic nitrogens is 5. The molecule has 0 bridgehead atoms. The smallest absolute Gasteiger partial charge is 0.293 e. The Labute approximate surface area is 191 Å². The second kappa shape index (κ2) is 7.38. The SMILES string of the molecule is Cc1nc2c(c(=O)n1C1CCCC1)c1nc3ccccc3nc1n2-c1cccc(C(F)(F)F)c1. The van der Waals surface area contributed by atoms with Crippen LogP contribution < -0.4 is 5.56 Å². The third kappa shape index (κ3) is 3.10. The van der Waals surface area contributed by atoms with Gasteiger partial charge in [0.2, 0.25) is 0 Å². The molecule has 0 atom stereocenters. The molecule has 0 aliphatic heterocycles. The molecule has 6 nitrogen and oxygen atoms in total. The van der Waals surface area contributed by atoms with Crippen molar-refractivity contribution in [3.63, 3.8) is 0 Å². The van der Waals surface area contributed by atoms with Crippen LogP contribution in [0.15, 0.2) is 53.3 Å². The molecule has 2 aromatic carbocycles. The minimum absolute atomic E-state index is 0.0600. The van der Waals surface area contributed by atoms with Crippen molar-refractivity contribution in [3.8, 4) is 5.69 Å². The molecule has 0 saturated heterocycles. The highest BCUT2D eigenvalue weighted by atomic mass is 19.4. The van der Waals surface area contributed by atoms with E-state index in [4.69, 9.17) is 15.0 Å². The van der Waals surface area contributed by atoms with Crippen molar-refractivity contribution in [1.82, 2.24) is 24.1 Å². The number of halogens is 3. The number of rotatable bonds is 2. The Morgan fingerprint density at radius 3 is 2.32 bits per heavy atom. The fraction of sp³-hybridized carbons (Fsp3) is 0.280. The summed E-state index contributed by atoms with van der Waals surface area (Å²) in [5, 5.41) is 0.281. The lowest BCUT2D eigenvalue weighted by Gasteiger charge is -2.16. The largest absolute Gasteiger partial charge is 0.416 e. The van der Waals surface area contributed by atoms with E-state index in [9.17, 15) is 18.0 Å². The number of nitrogens with zero attached hydrogens (tertiary/aromatic N) is 5. The molecule has 3 aromatic heterocycles. The maximum absolute atomic E-state index is 13.8. The van der Waals surface area contributed by atoms with E-state index in [1.165, 1.54) is 10.6 Å². The van der Waals surface area contributed by atoms with E-state index in [2.05, 4.69) is 0 Å². The fourth-order valence-electron chi connectivity index (χ4n) is 5.07. The zero-order valence-electron chi connectivity index (χ0n) is 18.3. The van der Waals surface area contributed by atoms with Gasteiger partial charge < -0.3 is 0 Å². The van der Waals surface area contributed by atoms with Crippen molar-refractivity contribution in [2.45, 2.75) is 44.8 Å². The van der Waals surface area contributed by atoms with Gasteiger partial charge in [-0.1, -0.05) is 31.0 Å². The second-order valence-corrected chi connectivity index (χ2v) is 8.74. The van der Waals surface area contributed by atoms with Gasteiger partial charge in [-0.25, -0.2) is 15.0 Å². The van der Waals surface area contributed by atoms with E-state index in [0.717, 1.165) is 37.8 Å². The molecular formula is C25H20F3N5O. The van der Waals surface area contributed by atoms with Crippen molar-refractivity contribution < 1.29 is 13.2 Å². The summed E-state index contributed by atoms with van der Waals surface area (Å²) in [4.78, 5) is 28.0. The second-order valence-electron chi connectivity index (χ2n) is 8.74. The van der Waals surface area contributed by atoms with E-state index >= 15 is 0 Å². The first-order chi connectivity index (χ1) is 16.3. The number of hydrogen-bond acceptors (Lipinski definition) is 4. The lowest BCUT2D eigenvalue weighted by atomic mass is 10.2. The minimum atomic E-state index is -4.51. The fourth-order valence-corrected chi connectivity index (χ4v) is 5.07. The Hall–Kier alpha value is -3.75. The number of alkyl halides is 3. The molecule has 0 amide bonds. The lowest BCUT2D eigenvalue weighted by Crippen LogP contribution is -2.27. The van der Waals surface area contributed by atoms with E-state index in [0.29, 0.717) is 28.0 Å². The van der Waals surface area contributed by atoms with Crippen LogP contribution in [0, 0.1) is 6.92 Å². The Balaban J connectivity index is 1.76. The Morgan fingerprint density at radius 2 is 1.62 bits per heavy atom. The maximum Gasteiger partial charge on any atom is 0.416 e. The molecule has 6 rings (SSSR count). The summed E-state index contributed by atoms with van der Waals surface area (Å²) in [6.07, 6.45) is -0.620. The molecule has 1 saturated carbocycles. The zero-order chi connectivity index (χ0) is 23.6. The van der Waals surface area contributed by atoms with E-state index in [-0.39, 0.29) is 28.3 Å². The maximum atomic E-state index is 13.8. The topological polar surface area (TPSA) is 65.6 Å². The molecule has 5 aromatic rings. The third-order valence-corrected chi connectivity index (χ3v) is 6.61. The highest BCUT2D eigenvalue weighted by Gasteiger charge is 2.31. The van der Waals surface area contributed by atoms with Crippen LogP contribution in [0.1, 0.15) is 43.1 Å². The van der Waals surface area contributed by atoms with Gasteiger partial charge >= 0.3 is 6.18 Å². The van der Waals surface area contributed by atoms with E-state index in [1.807, 2.05) is 12.1 Å². The molecule has 3 heterocycles. The Morgan fingerprint density at radius 1 is 0.912 bits per heavy atom. The van der Waals surface area contributed by atoms with Crippen molar-refractivity contribution in [2.24, 2.45) is 0 Å². The molecule has 172 valence electrons. The van der Waals surface area contributed by atoms with Gasteiger partial charge in [0.25, 0.3) is 5.56 Å². The molecule has 0 radical (unpaired) electrons. The zero-order valence-corrected chi connectivity index (χ0v) is 18.3.